The zero-order chi connectivity index (χ0) is 12.1. The van der Waals surface area contributed by atoms with Crippen molar-refractivity contribution in [1.29, 1.82) is 0 Å². The van der Waals surface area contributed by atoms with E-state index in [0.717, 1.165) is 32.8 Å². The lowest BCUT2D eigenvalue weighted by Gasteiger charge is -2.38. The summed E-state index contributed by atoms with van der Waals surface area (Å²) in [6.45, 7) is 6.63. The molecule has 98 valence electrons. The van der Waals surface area contributed by atoms with E-state index in [2.05, 4.69) is 17.6 Å². The molecule has 17 heavy (non-hydrogen) atoms. The standard InChI is InChI=1S/C12H22N2O2S/c1-12(8-16-9-12)7-14-11(15)6-17-10-2-4-13-5-3-10/h10,13H,2-9H2,1H3,(H,14,15). The molecule has 2 fully saturated rings. The highest BCUT2D eigenvalue weighted by atomic mass is 32.2. The third-order valence-electron chi connectivity index (χ3n) is 3.35. The van der Waals surface area contributed by atoms with E-state index in [1.807, 2.05) is 0 Å². The van der Waals surface area contributed by atoms with Gasteiger partial charge < -0.3 is 15.4 Å². The molecule has 2 saturated heterocycles. The molecular weight excluding hydrogens is 236 g/mol. The predicted octanol–water partition coefficient (Wildman–Crippen LogP) is 0.624. The minimum absolute atomic E-state index is 0.168. The summed E-state index contributed by atoms with van der Waals surface area (Å²) in [6, 6.07) is 0. The minimum atomic E-state index is 0.168. The van der Waals surface area contributed by atoms with Crippen molar-refractivity contribution in [3.05, 3.63) is 0 Å². The molecule has 1 amide bonds. The fourth-order valence-electron chi connectivity index (χ4n) is 2.07. The minimum Gasteiger partial charge on any atom is -0.380 e. The van der Waals surface area contributed by atoms with E-state index in [4.69, 9.17) is 4.74 Å². The Labute approximate surface area is 107 Å². The van der Waals surface area contributed by atoms with Crippen molar-refractivity contribution < 1.29 is 9.53 Å². The summed E-state index contributed by atoms with van der Waals surface area (Å²) >= 11 is 1.80. The SMILES string of the molecule is CC1(CNC(=O)CSC2CCNCC2)COC1. The highest BCUT2D eigenvalue weighted by Gasteiger charge is 2.33. The molecule has 0 saturated carbocycles. The van der Waals surface area contributed by atoms with Crippen LogP contribution < -0.4 is 10.6 Å². The maximum atomic E-state index is 11.7. The molecule has 0 aromatic rings. The Morgan fingerprint density at radius 2 is 2.18 bits per heavy atom. The molecule has 4 nitrogen and oxygen atoms in total. The molecule has 0 spiro atoms. The normalized spacial score (nSPS) is 24.1. The van der Waals surface area contributed by atoms with Crippen LogP contribution in [-0.4, -0.2) is 49.8 Å². The van der Waals surface area contributed by atoms with Crippen LogP contribution in [0.25, 0.3) is 0 Å². The van der Waals surface area contributed by atoms with Crippen molar-refractivity contribution in [2.45, 2.75) is 25.0 Å². The number of piperidine rings is 1. The average Bonchev–Trinajstić information content (AvgIpc) is 2.33. The third kappa shape index (κ3) is 4.16. The predicted molar refractivity (Wildman–Crippen MR) is 70.3 cm³/mol. The van der Waals surface area contributed by atoms with E-state index in [9.17, 15) is 4.79 Å². The molecule has 0 radical (unpaired) electrons. The van der Waals surface area contributed by atoms with Gasteiger partial charge in [0.05, 0.1) is 19.0 Å². The van der Waals surface area contributed by atoms with Gasteiger partial charge >= 0.3 is 0 Å². The number of carbonyl (C=O) groups is 1. The summed E-state index contributed by atoms with van der Waals surface area (Å²) in [5.41, 5.74) is 0.176. The lowest BCUT2D eigenvalue weighted by Crippen LogP contribution is -2.49. The Bertz CT molecular complexity index is 263. The highest BCUT2D eigenvalue weighted by molar-refractivity contribution is 8.00. The van der Waals surface area contributed by atoms with Gasteiger partial charge in [-0.15, -0.1) is 11.8 Å². The first-order valence-electron chi connectivity index (χ1n) is 6.35. The van der Waals surface area contributed by atoms with Gasteiger partial charge in [0.1, 0.15) is 0 Å². The van der Waals surface area contributed by atoms with Gasteiger partial charge in [-0.2, -0.15) is 0 Å². The molecule has 2 aliphatic heterocycles. The molecule has 0 aromatic heterocycles. The van der Waals surface area contributed by atoms with E-state index in [1.54, 1.807) is 11.8 Å². The van der Waals surface area contributed by atoms with Crippen LogP contribution in [0, 0.1) is 5.41 Å². The number of thioether (sulfide) groups is 1. The van der Waals surface area contributed by atoms with E-state index in [0.29, 0.717) is 11.0 Å². The summed E-state index contributed by atoms with van der Waals surface area (Å²) in [5.74, 6) is 0.767. The monoisotopic (exact) mass is 258 g/mol. The van der Waals surface area contributed by atoms with Gasteiger partial charge in [0.2, 0.25) is 5.91 Å². The maximum Gasteiger partial charge on any atom is 0.230 e. The first-order valence-corrected chi connectivity index (χ1v) is 7.40. The van der Waals surface area contributed by atoms with E-state index in [1.165, 1.54) is 12.8 Å². The largest absolute Gasteiger partial charge is 0.380 e. The number of hydrogen-bond acceptors (Lipinski definition) is 4. The second-order valence-electron chi connectivity index (χ2n) is 5.34. The van der Waals surface area contributed by atoms with Crippen molar-refractivity contribution in [2.24, 2.45) is 5.41 Å². The van der Waals surface area contributed by atoms with Crippen molar-refractivity contribution in [2.75, 3.05) is 38.6 Å². The van der Waals surface area contributed by atoms with E-state index < -0.39 is 0 Å². The molecule has 0 unspecified atom stereocenters. The van der Waals surface area contributed by atoms with Gasteiger partial charge in [-0.1, -0.05) is 6.92 Å². The number of rotatable bonds is 5. The van der Waals surface area contributed by atoms with Gasteiger partial charge in [-0.25, -0.2) is 0 Å². The number of hydrogen-bond donors (Lipinski definition) is 2. The lowest BCUT2D eigenvalue weighted by atomic mass is 9.89. The number of amides is 1. The van der Waals surface area contributed by atoms with Crippen molar-refractivity contribution in [1.82, 2.24) is 10.6 Å². The van der Waals surface area contributed by atoms with Crippen LogP contribution in [0.15, 0.2) is 0 Å². The Hall–Kier alpha value is -0.260. The van der Waals surface area contributed by atoms with Crippen LogP contribution in [0.1, 0.15) is 19.8 Å². The molecule has 0 atom stereocenters. The Morgan fingerprint density at radius 3 is 2.76 bits per heavy atom. The second-order valence-corrected chi connectivity index (χ2v) is 6.63. The van der Waals surface area contributed by atoms with Gasteiger partial charge in [-0.3, -0.25) is 4.79 Å². The van der Waals surface area contributed by atoms with Crippen LogP contribution >= 0.6 is 11.8 Å². The van der Waals surface area contributed by atoms with E-state index >= 15 is 0 Å². The summed E-state index contributed by atoms with van der Waals surface area (Å²) in [4.78, 5) is 11.7. The fourth-order valence-corrected chi connectivity index (χ4v) is 3.13. The quantitative estimate of drug-likeness (QED) is 0.759. The first kappa shape index (κ1) is 13.2. The van der Waals surface area contributed by atoms with Crippen molar-refractivity contribution in [3.8, 4) is 0 Å². The van der Waals surface area contributed by atoms with Gasteiger partial charge in [-0.05, 0) is 25.9 Å². The Balaban J connectivity index is 1.57. The van der Waals surface area contributed by atoms with Crippen LogP contribution in [0.4, 0.5) is 0 Å². The lowest BCUT2D eigenvalue weighted by molar-refractivity contribution is -0.124. The molecule has 0 aliphatic carbocycles. The molecule has 5 heteroatoms. The van der Waals surface area contributed by atoms with Gasteiger partial charge in [0, 0.05) is 17.2 Å². The molecule has 0 aromatic carbocycles. The zero-order valence-corrected chi connectivity index (χ0v) is 11.3. The summed E-state index contributed by atoms with van der Waals surface area (Å²) in [5, 5.41) is 7.00. The smallest absolute Gasteiger partial charge is 0.230 e. The van der Waals surface area contributed by atoms with Crippen LogP contribution in [0.3, 0.4) is 0 Å². The number of ether oxygens (including phenoxy) is 1. The fraction of sp³-hybridized carbons (Fsp3) is 0.917. The third-order valence-corrected chi connectivity index (χ3v) is 4.72. The molecule has 2 N–H and O–H groups in total. The van der Waals surface area contributed by atoms with Crippen LogP contribution in [-0.2, 0) is 9.53 Å². The maximum absolute atomic E-state index is 11.7. The molecule has 2 heterocycles. The average molecular weight is 258 g/mol. The van der Waals surface area contributed by atoms with Crippen molar-refractivity contribution >= 4 is 17.7 Å². The highest BCUT2D eigenvalue weighted by Crippen LogP contribution is 2.25. The van der Waals surface area contributed by atoms with Crippen LogP contribution in [0.2, 0.25) is 0 Å². The van der Waals surface area contributed by atoms with Crippen molar-refractivity contribution in [3.63, 3.8) is 0 Å². The number of carbonyl (C=O) groups excluding carboxylic acids is 1. The Morgan fingerprint density at radius 1 is 1.47 bits per heavy atom. The second kappa shape index (κ2) is 6.07. The summed E-state index contributed by atoms with van der Waals surface area (Å²) in [7, 11) is 0. The summed E-state index contributed by atoms with van der Waals surface area (Å²) in [6.07, 6.45) is 2.37. The topological polar surface area (TPSA) is 50.4 Å². The molecule has 2 rings (SSSR count). The Kier molecular flexibility index (Phi) is 4.70. The number of nitrogens with one attached hydrogen (secondary N) is 2. The summed E-state index contributed by atoms with van der Waals surface area (Å²) < 4.78 is 5.16. The zero-order valence-electron chi connectivity index (χ0n) is 10.5. The molecule has 2 aliphatic rings. The first-order chi connectivity index (χ1) is 8.18. The molecular formula is C12H22N2O2S. The van der Waals surface area contributed by atoms with Gasteiger partial charge in [0.15, 0.2) is 0 Å². The molecule has 0 bridgehead atoms. The van der Waals surface area contributed by atoms with Crippen LogP contribution in [0.5, 0.6) is 0 Å². The van der Waals surface area contributed by atoms with E-state index in [-0.39, 0.29) is 11.3 Å². The van der Waals surface area contributed by atoms with Gasteiger partial charge in [0.25, 0.3) is 0 Å².